The van der Waals surface area contributed by atoms with Crippen molar-refractivity contribution in [1.82, 2.24) is 4.90 Å². The molecule has 0 aromatic heterocycles. The van der Waals surface area contributed by atoms with E-state index in [2.05, 4.69) is 25.7 Å². The Morgan fingerprint density at radius 1 is 1.08 bits per heavy atom. The van der Waals surface area contributed by atoms with E-state index in [0.29, 0.717) is 17.6 Å². The lowest BCUT2D eigenvalue weighted by atomic mass is 9.74. The maximum atomic E-state index is 14.0. The third-order valence-electron chi connectivity index (χ3n) is 5.61. The van der Waals surface area contributed by atoms with Gasteiger partial charge in [-0.3, -0.25) is 4.90 Å². The molecule has 134 valence electrons. The summed E-state index contributed by atoms with van der Waals surface area (Å²) in [5, 5.41) is 0. The summed E-state index contributed by atoms with van der Waals surface area (Å²) >= 11 is 0. The molecule has 0 unspecified atom stereocenters. The standard InChI is InChI=1S/C20H31FN2O/c1-20(2,3)19-17(12-15(21)13-18(19)22)14-4-6-16(7-5-14)23-8-10-24-11-9-23/h12-14,16H,4-11,22H2,1-3H3. The Morgan fingerprint density at radius 2 is 1.71 bits per heavy atom. The number of morpholine rings is 1. The number of rotatable bonds is 2. The molecule has 1 aliphatic carbocycles. The van der Waals surface area contributed by atoms with E-state index in [1.807, 2.05) is 0 Å². The van der Waals surface area contributed by atoms with Crippen LogP contribution in [-0.2, 0) is 10.2 Å². The molecule has 0 bridgehead atoms. The van der Waals surface area contributed by atoms with Crippen LogP contribution in [0.25, 0.3) is 0 Å². The Balaban J connectivity index is 1.76. The van der Waals surface area contributed by atoms with Gasteiger partial charge in [0.25, 0.3) is 0 Å². The molecule has 3 rings (SSSR count). The van der Waals surface area contributed by atoms with Gasteiger partial charge < -0.3 is 10.5 Å². The summed E-state index contributed by atoms with van der Waals surface area (Å²) in [4.78, 5) is 2.57. The van der Waals surface area contributed by atoms with Gasteiger partial charge in [0.2, 0.25) is 0 Å². The molecule has 1 aliphatic heterocycles. The molecule has 24 heavy (non-hydrogen) atoms. The van der Waals surface area contributed by atoms with Crippen LogP contribution in [0.4, 0.5) is 10.1 Å². The number of anilines is 1. The fourth-order valence-corrected chi connectivity index (χ4v) is 4.53. The normalized spacial score (nSPS) is 26.5. The summed E-state index contributed by atoms with van der Waals surface area (Å²) in [6.07, 6.45) is 4.61. The zero-order valence-electron chi connectivity index (χ0n) is 15.3. The quantitative estimate of drug-likeness (QED) is 0.829. The van der Waals surface area contributed by atoms with Gasteiger partial charge in [-0.15, -0.1) is 0 Å². The first-order valence-corrected chi connectivity index (χ1v) is 9.27. The topological polar surface area (TPSA) is 38.5 Å². The van der Waals surface area contributed by atoms with Gasteiger partial charge in [-0.1, -0.05) is 20.8 Å². The molecule has 1 aromatic carbocycles. The zero-order chi connectivity index (χ0) is 17.3. The summed E-state index contributed by atoms with van der Waals surface area (Å²) < 4.78 is 19.5. The van der Waals surface area contributed by atoms with Crippen LogP contribution in [0.3, 0.4) is 0 Å². The number of hydrogen-bond donors (Lipinski definition) is 1. The zero-order valence-corrected chi connectivity index (χ0v) is 15.3. The third-order valence-corrected chi connectivity index (χ3v) is 5.61. The van der Waals surface area contributed by atoms with E-state index in [4.69, 9.17) is 10.5 Å². The molecule has 3 nitrogen and oxygen atoms in total. The van der Waals surface area contributed by atoms with Crippen LogP contribution in [0, 0.1) is 5.82 Å². The van der Waals surface area contributed by atoms with E-state index in [1.165, 1.54) is 18.9 Å². The first kappa shape index (κ1) is 17.7. The van der Waals surface area contributed by atoms with Crippen LogP contribution in [0.15, 0.2) is 12.1 Å². The van der Waals surface area contributed by atoms with Gasteiger partial charge >= 0.3 is 0 Å². The van der Waals surface area contributed by atoms with Crippen molar-refractivity contribution in [3.8, 4) is 0 Å². The molecule has 1 aromatic rings. The Morgan fingerprint density at radius 3 is 2.29 bits per heavy atom. The molecule has 2 aliphatic rings. The smallest absolute Gasteiger partial charge is 0.125 e. The fraction of sp³-hybridized carbons (Fsp3) is 0.700. The first-order chi connectivity index (χ1) is 11.4. The van der Waals surface area contributed by atoms with Gasteiger partial charge in [0.05, 0.1) is 13.2 Å². The van der Waals surface area contributed by atoms with Crippen LogP contribution in [0.1, 0.15) is 63.5 Å². The van der Waals surface area contributed by atoms with Crippen molar-refractivity contribution < 1.29 is 9.13 Å². The highest BCUT2D eigenvalue weighted by Gasteiger charge is 2.31. The molecule has 0 radical (unpaired) electrons. The lowest BCUT2D eigenvalue weighted by Gasteiger charge is -2.40. The van der Waals surface area contributed by atoms with E-state index in [1.54, 1.807) is 6.07 Å². The molecule has 2 N–H and O–H groups in total. The van der Waals surface area contributed by atoms with E-state index < -0.39 is 0 Å². The Kier molecular flexibility index (Phi) is 5.16. The Bertz CT molecular complexity index is 568. The first-order valence-electron chi connectivity index (χ1n) is 9.27. The van der Waals surface area contributed by atoms with Crippen molar-refractivity contribution in [3.05, 3.63) is 29.1 Å². The largest absolute Gasteiger partial charge is 0.398 e. The predicted octanol–water partition coefficient (Wildman–Crippen LogP) is 4.06. The van der Waals surface area contributed by atoms with Gasteiger partial charge in [-0.2, -0.15) is 0 Å². The SMILES string of the molecule is CC(C)(C)c1c(N)cc(F)cc1C1CCC(N2CCOCC2)CC1. The highest BCUT2D eigenvalue weighted by atomic mass is 19.1. The fourth-order valence-electron chi connectivity index (χ4n) is 4.53. The van der Waals surface area contributed by atoms with Crippen molar-refractivity contribution in [3.63, 3.8) is 0 Å². The van der Waals surface area contributed by atoms with Gasteiger partial charge in [0.1, 0.15) is 5.82 Å². The minimum Gasteiger partial charge on any atom is -0.398 e. The molecule has 1 heterocycles. The number of nitrogen functional groups attached to an aromatic ring is 1. The van der Waals surface area contributed by atoms with Crippen LogP contribution in [0.2, 0.25) is 0 Å². The molecule has 4 heteroatoms. The average Bonchev–Trinajstić information content (AvgIpc) is 2.54. The minimum atomic E-state index is -0.203. The summed E-state index contributed by atoms with van der Waals surface area (Å²) in [7, 11) is 0. The second-order valence-corrected chi connectivity index (χ2v) is 8.36. The summed E-state index contributed by atoms with van der Waals surface area (Å²) in [6, 6.07) is 3.87. The summed E-state index contributed by atoms with van der Waals surface area (Å²) in [6.45, 7) is 10.3. The molecule has 0 atom stereocenters. The van der Waals surface area contributed by atoms with Crippen molar-refractivity contribution in [1.29, 1.82) is 0 Å². The van der Waals surface area contributed by atoms with Crippen LogP contribution < -0.4 is 5.73 Å². The minimum absolute atomic E-state index is 0.0613. The van der Waals surface area contributed by atoms with E-state index in [0.717, 1.165) is 50.3 Å². The van der Waals surface area contributed by atoms with E-state index in [9.17, 15) is 4.39 Å². The maximum Gasteiger partial charge on any atom is 0.125 e. The maximum absolute atomic E-state index is 14.0. The van der Waals surface area contributed by atoms with Crippen molar-refractivity contribution in [2.45, 2.75) is 63.8 Å². The molecule has 0 amide bonds. The van der Waals surface area contributed by atoms with E-state index >= 15 is 0 Å². The lowest BCUT2D eigenvalue weighted by Crippen LogP contribution is -2.44. The van der Waals surface area contributed by atoms with Gasteiger partial charge in [-0.05, 0) is 60.3 Å². The van der Waals surface area contributed by atoms with Gasteiger partial charge in [-0.25, -0.2) is 4.39 Å². The number of hydrogen-bond acceptors (Lipinski definition) is 3. The van der Waals surface area contributed by atoms with Crippen molar-refractivity contribution in [2.24, 2.45) is 0 Å². The van der Waals surface area contributed by atoms with Crippen molar-refractivity contribution in [2.75, 3.05) is 32.0 Å². The number of ether oxygens (including phenoxy) is 1. The molecule has 1 saturated heterocycles. The highest BCUT2D eigenvalue weighted by molar-refractivity contribution is 5.56. The average molecular weight is 334 g/mol. The second-order valence-electron chi connectivity index (χ2n) is 8.36. The van der Waals surface area contributed by atoms with E-state index in [-0.39, 0.29) is 11.2 Å². The van der Waals surface area contributed by atoms with Crippen LogP contribution >= 0.6 is 0 Å². The number of nitrogens with two attached hydrogens (primary N) is 1. The summed E-state index contributed by atoms with van der Waals surface area (Å²) in [5.74, 6) is 0.223. The van der Waals surface area contributed by atoms with Crippen molar-refractivity contribution >= 4 is 5.69 Å². The van der Waals surface area contributed by atoms with Gasteiger partial charge in [0.15, 0.2) is 0 Å². The second kappa shape index (κ2) is 7.01. The monoisotopic (exact) mass is 334 g/mol. The van der Waals surface area contributed by atoms with Gasteiger partial charge in [0, 0.05) is 24.8 Å². The summed E-state index contributed by atoms with van der Waals surface area (Å²) in [5.41, 5.74) is 9.02. The molecule has 2 fully saturated rings. The molecule has 1 saturated carbocycles. The molecular weight excluding hydrogens is 303 g/mol. The third kappa shape index (κ3) is 3.75. The Labute approximate surface area is 145 Å². The predicted molar refractivity (Wildman–Crippen MR) is 96.9 cm³/mol. The molecular formula is C20H31FN2O. The lowest BCUT2D eigenvalue weighted by molar-refractivity contribution is 0.00726. The Hall–Kier alpha value is -1.13. The molecule has 0 spiro atoms. The van der Waals surface area contributed by atoms with Crippen LogP contribution in [-0.4, -0.2) is 37.2 Å². The highest BCUT2D eigenvalue weighted by Crippen LogP contribution is 2.42. The number of halogens is 1. The van der Waals surface area contributed by atoms with Crippen LogP contribution in [0.5, 0.6) is 0 Å². The number of nitrogens with zero attached hydrogens (tertiary/aromatic N) is 1. The number of benzene rings is 1.